The fourth-order valence-corrected chi connectivity index (χ4v) is 4.44. The molecule has 2 aromatic heterocycles. The van der Waals surface area contributed by atoms with Crippen LogP contribution < -0.4 is 10.9 Å². The monoisotopic (exact) mass is 512 g/mol. The molecule has 0 fully saturated rings. The van der Waals surface area contributed by atoms with Gasteiger partial charge in [0.25, 0.3) is 5.56 Å². The molecule has 9 heteroatoms. The van der Waals surface area contributed by atoms with E-state index < -0.39 is 23.7 Å². The molecule has 0 spiro atoms. The van der Waals surface area contributed by atoms with Gasteiger partial charge in [-0.3, -0.25) is 14.9 Å². The van der Waals surface area contributed by atoms with Gasteiger partial charge in [0.1, 0.15) is 17.5 Å². The van der Waals surface area contributed by atoms with Crippen LogP contribution in [0.15, 0.2) is 35.3 Å². The molecule has 2 N–H and O–H groups in total. The highest BCUT2D eigenvalue weighted by Gasteiger charge is 2.28. The molecular formula is C28H40N4O5. The SMILES string of the molecule is CC[C@H](COC)n1c(-c2cc(C)c(=O)n(C)c2)nc2cc(CN[C@@H](C(=O)OC(C)(C)C)[C@@H](C)O)ccc21. The molecule has 0 amide bonds. The molecule has 37 heavy (non-hydrogen) atoms. The van der Waals surface area contributed by atoms with E-state index in [0.717, 1.165) is 34.4 Å². The molecule has 3 rings (SSSR count). The van der Waals surface area contributed by atoms with Crippen LogP contribution in [0.5, 0.6) is 0 Å². The number of carbonyl (C=O) groups is 1. The van der Waals surface area contributed by atoms with E-state index >= 15 is 0 Å². The van der Waals surface area contributed by atoms with Gasteiger partial charge in [-0.15, -0.1) is 0 Å². The minimum Gasteiger partial charge on any atom is -0.459 e. The number of carbonyl (C=O) groups excluding carboxylic acids is 1. The number of fused-ring (bicyclic) bond motifs is 1. The summed E-state index contributed by atoms with van der Waals surface area (Å²) in [6, 6.07) is 7.04. The number of nitrogens with one attached hydrogen (secondary N) is 1. The molecule has 0 unspecified atom stereocenters. The minimum atomic E-state index is -0.920. The third kappa shape index (κ3) is 6.66. The number of nitrogens with zero attached hydrogens (tertiary/aromatic N) is 3. The van der Waals surface area contributed by atoms with Crippen molar-refractivity contribution in [3.8, 4) is 11.4 Å². The van der Waals surface area contributed by atoms with Crippen molar-refractivity contribution in [1.82, 2.24) is 19.4 Å². The van der Waals surface area contributed by atoms with Gasteiger partial charge in [-0.1, -0.05) is 13.0 Å². The number of methoxy groups -OCH3 is 1. The zero-order valence-corrected chi connectivity index (χ0v) is 23.2. The van der Waals surface area contributed by atoms with Crippen molar-refractivity contribution < 1.29 is 19.4 Å². The Morgan fingerprint density at radius 2 is 1.95 bits per heavy atom. The first-order valence-electron chi connectivity index (χ1n) is 12.7. The van der Waals surface area contributed by atoms with Crippen LogP contribution in [-0.2, 0) is 27.9 Å². The number of esters is 1. The number of benzene rings is 1. The Kier molecular flexibility index (Phi) is 8.94. The zero-order valence-electron chi connectivity index (χ0n) is 23.2. The Labute approximate surface area is 218 Å². The number of hydrogen-bond donors (Lipinski definition) is 2. The van der Waals surface area contributed by atoms with Gasteiger partial charge >= 0.3 is 5.97 Å². The predicted octanol–water partition coefficient (Wildman–Crippen LogP) is 3.49. The van der Waals surface area contributed by atoms with Crippen LogP contribution in [0.3, 0.4) is 0 Å². The van der Waals surface area contributed by atoms with Crippen LogP contribution in [0.1, 0.15) is 58.2 Å². The lowest BCUT2D eigenvalue weighted by molar-refractivity contribution is -0.160. The summed E-state index contributed by atoms with van der Waals surface area (Å²) < 4.78 is 14.7. The molecule has 0 aliphatic carbocycles. The molecule has 0 bridgehead atoms. The number of aliphatic hydroxyl groups is 1. The standard InChI is InChI=1S/C28H40N4O5/c1-9-21(16-36-8)32-23-11-10-19(14-29-24(18(3)33)27(35)37-28(4,5)6)13-22(23)30-25(32)20-12-17(2)26(34)31(7)15-20/h10-13,15,18,21,24,29,33H,9,14,16H2,1-8H3/t18-,21-,24-/m1/s1. The fourth-order valence-electron chi connectivity index (χ4n) is 4.44. The summed E-state index contributed by atoms with van der Waals surface area (Å²) in [6.45, 7) is 11.7. The highest BCUT2D eigenvalue weighted by molar-refractivity contribution is 5.82. The second-order valence-electron chi connectivity index (χ2n) is 10.6. The Morgan fingerprint density at radius 3 is 2.51 bits per heavy atom. The summed E-state index contributed by atoms with van der Waals surface area (Å²) in [5, 5.41) is 13.3. The van der Waals surface area contributed by atoms with E-state index in [1.807, 2.05) is 30.5 Å². The molecule has 1 aromatic carbocycles. The summed E-state index contributed by atoms with van der Waals surface area (Å²) in [5.41, 5.74) is 3.47. The smallest absolute Gasteiger partial charge is 0.326 e. The van der Waals surface area contributed by atoms with Crippen LogP contribution in [0.25, 0.3) is 22.4 Å². The van der Waals surface area contributed by atoms with Crippen molar-refractivity contribution in [3.63, 3.8) is 0 Å². The summed E-state index contributed by atoms with van der Waals surface area (Å²) >= 11 is 0. The number of aryl methyl sites for hydroxylation is 2. The molecule has 0 saturated carbocycles. The Balaban J connectivity index is 2.01. The van der Waals surface area contributed by atoms with Crippen molar-refractivity contribution in [1.29, 1.82) is 0 Å². The lowest BCUT2D eigenvalue weighted by atomic mass is 10.1. The van der Waals surface area contributed by atoms with Crippen molar-refractivity contribution in [2.75, 3.05) is 13.7 Å². The summed E-state index contributed by atoms with van der Waals surface area (Å²) in [6.07, 6.45) is 1.73. The van der Waals surface area contributed by atoms with Gasteiger partial charge < -0.3 is 23.7 Å². The van der Waals surface area contributed by atoms with Crippen molar-refractivity contribution in [2.45, 2.75) is 78.3 Å². The first kappa shape index (κ1) is 28.6. The van der Waals surface area contributed by atoms with Gasteiger partial charge in [0.05, 0.1) is 29.8 Å². The van der Waals surface area contributed by atoms with Crippen molar-refractivity contribution in [3.05, 3.63) is 51.9 Å². The quantitative estimate of drug-likeness (QED) is 0.401. The first-order valence-corrected chi connectivity index (χ1v) is 12.7. The van der Waals surface area contributed by atoms with Gasteiger partial charge in [-0.25, -0.2) is 4.98 Å². The normalized spacial score (nSPS) is 14.5. The van der Waals surface area contributed by atoms with Gasteiger partial charge in [0.2, 0.25) is 0 Å². The topological polar surface area (TPSA) is 108 Å². The van der Waals surface area contributed by atoms with Crippen LogP contribution >= 0.6 is 0 Å². The van der Waals surface area contributed by atoms with Crippen LogP contribution in [0.4, 0.5) is 0 Å². The average molecular weight is 513 g/mol. The van der Waals surface area contributed by atoms with E-state index in [2.05, 4.69) is 16.8 Å². The minimum absolute atomic E-state index is 0.0404. The molecule has 0 aliphatic heterocycles. The van der Waals surface area contributed by atoms with Crippen LogP contribution in [-0.4, -0.2) is 56.7 Å². The van der Waals surface area contributed by atoms with E-state index in [1.54, 1.807) is 53.3 Å². The van der Waals surface area contributed by atoms with Crippen LogP contribution in [0.2, 0.25) is 0 Å². The number of pyridine rings is 1. The Morgan fingerprint density at radius 1 is 1.24 bits per heavy atom. The van der Waals surface area contributed by atoms with Gasteiger partial charge in [0.15, 0.2) is 0 Å². The van der Waals surface area contributed by atoms with Crippen LogP contribution in [0, 0.1) is 6.92 Å². The lowest BCUT2D eigenvalue weighted by Crippen LogP contribution is -2.47. The molecule has 2 heterocycles. The molecule has 3 atom stereocenters. The average Bonchev–Trinajstić information content (AvgIpc) is 3.18. The molecule has 9 nitrogen and oxygen atoms in total. The maximum Gasteiger partial charge on any atom is 0.326 e. The highest BCUT2D eigenvalue weighted by Crippen LogP contribution is 2.30. The Hall–Kier alpha value is -3.01. The number of hydrogen-bond acceptors (Lipinski definition) is 7. The third-order valence-electron chi connectivity index (χ3n) is 6.24. The summed E-state index contributed by atoms with van der Waals surface area (Å²) in [5.74, 6) is 0.267. The van der Waals surface area contributed by atoms with E-state index in [4.69, 9.17) is 14.5 Å². The molecule has 202 valence electrons. The zero-order chi connectivity index (χ0) is 27.5. The number of rotatable bonds is 10. The molecule has 0 radical (unpaired) electrons. The molecule has 0 saturated heterocycles. The number of ether oxygens (including phenoxy) is 2. The van der Waals surface area contributed by atoms with Gasteiger partial charge in [0, 0.05) is 38.0 Å². The lowest BCUT2D eigenvalue weighted by Gasteiger charge is -2.26. The fraction of sp³-hybridized carbons (Fsp3) is 0.536. The van der Waals surface area contributed by atoms with Gasteiger partial charge in [-0.2, -0.15) is 0 Å². The van der Waals surface area contributed by atoms with E-state index in [9.17, 15) is 14.7 Å². The summed E-state index contributed by atoms with van der Waals surface area (Å²) in [7, 11) is 3.43. The largest absolute Gasteiger partial charge is 0.459 e. The second kappa shape index (κ2) is 11.6. The maximum absolute atomic E-state index is 12.6. The van der Waals surface area contributed by atoms with E-state index in [0.29, 0.717) is 18.7 Å². The molecular weight excluding hydrogens is 472 g/mol. The highest BCUT2D eigenvalue weighted by atomic mass is 16.6. The van der Waals surface area contributed by atoms with Crippen molar-refractivity contribution in [2.24, 2.45) is 7.05 Å². The summed E-state index contributed by atoms with van der Waals surface area (Å²) in [4.78, 5) is 29.9. The number of aliphatic hydroxyl groups excluding tert-OH is 1. The van der Waals surface area contributed by atoms with E-state index in [-0.39, 0.29) is 11.6 Å². The molecule has 3 aromatic rings. The second-order valence-corrected chi connectivity index (χ2v) is 10.6. The predicted molar refractivity (Wildman–Crippen MR) is 145 cm³/mol. The van der Waals surface area contributed by atoms with Crippen molar-refractivity contribution >= 4 is 17.0 Å². The van der Waals surface area contributed by atoms with Gasteiger partial charge in [-0.05, 0) is 64.8 Å². The Bertz CT molecular complexity index is 1280. The third-order valence-corrected chi connectivity index (χ3v) is 6.24. The number of imidazole rings is 1. The van der Waals surface area contributed by atoms with E-state index in [1.165, 1.54) is 0 Å². The number of aromatic nitrogens is 3. The molecule has 0 aliphatic rings. The first-order chi connectivity index (χ1) is 17.4. The maximum atomic E-state index is 12.6.